The molecule has 2 rings (SSSR count). The lowest BCUT2D eigenvalue weighted by Gasteiger charge is -2.18. The zero-order valence-corrected chi connectivity index (χ0v) is 10.4. The van der Waals surface area contributed by atoms with Crippen LogP contribution in [0.15, 0.2) is 12.4 Å². The molecule has 3 unspecified atom stereocenters. The van der Waals surface area contributed by atoms with Crippen molar-refractivity contribution in [2.45, 2.75) is 45.1 Å². The Balaban J connectivity index is 1.86. The molecular weight excluding hydrogens is 198 g/mol. The van der Waals surface area contributed by atoms with E-state index >= 15 is 0 Å². The van der Waals surface area contributed by atoms with Gasteiger partial charge in [-0.1, -0.05) is 19.8 Å². The monoisotopic (exact) mass is 221 g/mol. The van der Waals surface area contributed by atoms with E-state index < -0.39 is 0 Å². The van der Waals surface area contributed by atoms with Crippen LogP contribution in [0.4, 0.5) is 0 Å². The molecule has 3 heteroatoms. The number of nitrogens with zero attached hydrogens (tertiary/aromatic N) is 2. The third kappa shape index (κ3) is 2.64. The Bertz CT molecular complexity index is 332. The summed E-state index contributed by atoms with van der Waals surface area (Å²) in [6.45, 7) is 2.29. The Hall–Kier alpha value is -0.830. The first-order valence-electron chi connectivity index (χ1n) is 6.42. The molecule has 16 heavy (non-hydrogen) atoms. The predicted molar refractivity (Wildman–Crippen MR) is 66.0 cm³/mol. The summed E-state index contributed by atoms with van der Waals surface area (Å²) >= 11 is 0. The lowest BCUT2D eigenvalue weighted by molar-refractivity contribution is 0.405. The molecule has 3 nitrogen and oxygen atoms in total. The molecule has 90 valence electrons. The molecule has 3 atom stereocenters. The van der Waals surface area contributed by atoms with Gasteiger partial charge in [0.2, 0.25) is 0 Å². The molecule has 0 radical (unpaired) electrons. The molecule has 1 aromatic heterocycles. The second kappa shape index (κ2) is 5.00. The van der Waals surface area contributed by atoms with Crippen LogP contribution in [0.3, 0.4) is 0 Å². The van der Waals surface area contributed by atoms with Gasteiger partial charge in [-0.15, -0.1) is 0 Å². The van der Waals surface area contributed by atoms with E-state index in [9.17, 15) is 0 Å². The van der Waals surface area contributed by atoms with Gasteiger partial charge in [0, 0.05) is 19.3 Å². The average molecular weight is 221 g/mol. The van der Waals surface area contributed by atoms with E-state index in [2.05, 4.69) is 18.2 Å². The average Bonchev–Trinajstić information content (AvgIpc) is 2.87. The molecule has 0 bridgehead atoms. The molecule has 1 aromatic rings. The van der Waals surface area contributed by atoms with E-state index in [0.29, 0.717) is 6.04 Å². The van der Waals surface area contributed by atoms with Crippen molar-refractivity contribution >= 4 is 0 Å². The van der Waals surface area contributed by atoms with Gasteiger partial charge in [-0.3, -0.25) is 4.68 Å². The molecular formula is C13H23N3. The number of hydrogen-bond donors (Lipinski definition) is 1. The number of aryl methyl sites for hydroxylation is 1. The van der Waals surface area contributed by atoms with Crippen molar-refractivity contribution in [3.63, 3.8) is 0 Å². The van der Waals surface area contributed by atoms with E-state index in [1.54, 1.807) is 0 Å². The van der Waals surface area contributed by atoms with Crippen molar-refractivity contribution in [3.05, 3.63) is 18.0 Å². The number of aromatic nitrogens is 2. The van der Waals surface area contributed by atoms with Crippen LogP contribution >= 0.6 is 0 Å². The van der Waals surface area contributed by atoms with Crippen LogP contribution in [0.5, 0.6) is 0 Å². The number of rotatable bonds is 4. The van der Waals surface area contributed by atoms with Crippen molar-refractivity contribution in [1.29, 1.82) is 0 Å². The zero-order chi connectivity index (χ0) is 11.5. The maximum atomic E-state index is 6.30. The highest BCUT2D eigenvalue weighted by atomic mass is 15.2. The fourth-order valence-corrected chi connectivity index (χ4v) is 2.89. The second-order valence-electron chi connectivity index (χ2n) is 5.24. The van der Waals surface area contributed by atoms with Crippen molar-refractivity contribution in [2.24, 2.45) is 24.6 Å². The smallest absolute Gasteiger partial charge is 0.0522 e. The molecule has 0 spiro atoms. The third-order valence-electron chi connectivity index (χ3n) is 3.99. The van der Waals surface area contributed by atoms with Crippen LogP contribution in [0, 0.1) is 11.8 Å². The number of hydrogen-bond acceptors (Lipinski definition) is 2. The van der Waals surface area contributed by atoms with E-state index in [0.717, 1.165) is 18.3 Å². The van der Waals surface area contributed by atoms with Gasteiger partial charge in [0.15, 0.2) is 0 Å². The van der Waals surface area contributed by atoms with Gasteiger partial charge in [-0.2, -0.15) is 5.10 Å². The minimum absolute atomic E-state index is 0.320. The Kier molecular flexibility index (Phi) is 3.64. The van der Waals surface area contributed by atoms with E-state index in [4.69, 9.17) is 5.73 Å². The first kappa shape index (κ1) is 11.6. The van der Waals surface area contributed by atoms with Crippen LogP contribution in [-0.2, 0) is 13.5 Å². The Morgan fingerprint density at radius 2 is 2.38 bits per heavy atom. The predicted octanol–water partition coefficient (Wildman–Crippen LogP) is 2.12. The summed E-state index contributed by atoms with van der Waals surface area (Å²) < 4.78 is 1.85. The topological polar surface area (TPSA) is 43.8 Å². The van der Waals surface area contributed by atoms with Gasteiger partial charge in [0.25, 0.3) is 0 Å². The lowest BCUT2D eigenvalue weighted by atomic mass is 9.92. The van der Waals surface area contributed by atoms with E-state index in [1.165, 1.54) is 31.2 Å². The summed E-state index contributed by atoms with van der Waals surface area (Å²) in [7, 11) is 1.96. The minimum Gasteiger partial charge on any atom is -0.327 e. The summed E-state index contributed by atoms with van der Waals surface area (Å²) in [6, 6.07) is 0.320. The number of nitrogens with two attached hydrogens (primary N) is 1. The van der Waals surface area contributed by atoms with Crippen LogP contribution < -0.4 is 5.73 Å². The lowest BCUT2D eigenvalue weighted by Crippen LogP contribution is -2.30. The molecule has 0 amide bonds. The van der Waals surface area contributed by atoms with Crippen LogP contribution in [0.2, 0.25) is 0 Å². The molecule has 0 aromatic carbocycles. The van der Waals surface area contributed by atoms with Crippen LogP contribution in [0.1, 0.15) is 38.2 Å². The van der Waals surface area contributed by atoms with E-state index in [-0.39, 0.29) is 0 Å². The van der Waals surface area contributed by atoms with Crippen molar-refractivity contribution in [1.82, 2.24) is 9.78 Å². The van der Waals surface area contributed by atoms with Gasteiger partial charge in [-0.25, -0.2) is 0 Å². The van der Waals surface area contributed by atoms with Crippen LogP contribution in [-0.4, -0.2) is 15.8 Å². The maximum absolute atomic E-state index is 6.30. The molecule has 1 aliphatic carbocycles. The molecule has 2 N–H and O–H groups in total. The fourth-order valence-electron chi connectivity index (χ4n) is 2.89. The second-order valence-corrected chi connectivity index (χ2v) is 5.24. The Morgan fingerprint density at radius 1 is 1.56 bits per heavy atom. The maximum Gasteiger partial charge on any atom is 0.0522 e. The molecule has 1 aliphatic rings. The summed E-state index contributed by atoms with van der Waals surface area (Å²) in [5.74, 6) is 1.65. The molecule has 1 heterocycles. The van der Waals surface area contributed by atoms with Crippen molar-refractivity contribution < 1.29 is 0 Å². The Morgan fingerprint density at radius 3 is 2.94 bits per heavy atom. The summed E-state index contributed by atoms with van der Waals surface area (Å²) in [5, 5.41) is 4.19. The van der Waals surface area contributed by atoms with Gasteiger partial charge >= 0.3 is 0 Å². The van der Waals surface area contributed by atoms with Gasteiger partial charge < -0.3 is 5.73 Å². The highest BCUT2D eigenvalue weighted by Crippen LogP contribution is 2.34. The standard InChI is InChI=1S/C13H23N3/c1-3-10-4-5-12(6-10)13(14)7-11-8-15-16(2)9-11/h8-10,12-13H,3-7,14H2,1-2H3. The van der Waals surface area contributed by atoms with Gasteiger partial charge in [0.05, 0.1) is 6.20 Å². The highest BCUT2D eigenvalue weighted by Gasteiger charge is 2.28. The molecule has 1 saturated carbocycles. The Labute approximate surface area is 98.0 Å². The first-order chi connectivity index (χ1) is 7.69. The third-order valence-corrected chi connectivity index (χ3v) is 3.99. The molecule has 0 saturated heterocycles. The first-order valence-corrected chi connectivity index (χ1v) is 6.42. The summed E-state index contributed by atoms with van der Waals surface area (Å²) in [6.07, 6.45) is 10.3. The summed E-state index contributed by atoms with van der Waals surface area (Å²) in [4.78, 5) is 0. The zero-order valence-electron chi connectivity index (χ0n) is 10.4. The quantitative estimate of drug-likeness (QED) is 0.846. The largest absolute Gasteiger partial charge is 0.327 e. The fraction of sp³-hybridized carbons (Fsp3) is 0.769. The minimum atomic E-state index is 0.320. The van der Waals surface area contributed by atoms with Gasteiger partial charge in [0.1, 0.15) is 0 Å². The highest BCUT2D eigenvalue weighted by molar-refractivity contribution is 5.06. The normalized spacial score (nSPS) is 27.2. The van der Waals surface area contributed by atoms with E-state index in [1.807, 2.05) is 17.9 Å². The summed E-state index contributed by atoms with van der Waals surface area (Å²) in [5.41, 5.74) is 7.57. The molecule has 0 aliphatic heterocycles. The SMILES string of the molecule is CCC1CCC(C(N)Cc2cnn(C)c2)C1. The molecule has 1 fully saturated rings. The van der Waals surface area contributed by atoms with Gasteiger partial charge in [-0.05, 0) is 36.7 Å². The van der Waals surface area contributed by atoms with Crippen LogP contribution in [0.25, 0.3) is 0 Å². The van der Waals surface area contributed by atoms with Crippen molar-refractivity contribution in [3.8, 4) is 0 Å². The van der Waals surface area contributed by atoms with Crippen molar-refractivity contribution in [2.75, 3.05) is 0 Å².